The summed E-state index contributed by atoms with van der Waals surface area (Å²) in [7, 11) is 1.87. The zero-order valence-corrected chi connectivity index (χ0v) is 13.2. The zero-order valence-electron chi connectivity index (χ0n) is 12.4. The molecule has 1 N–H and O–H groups in total. The van der Waals surface area contributed by atoms with Crippen LogP contribution >= 0.6 is 11.6 Å². The summed E-state index contributed by atoms with van der Waals surface area (Å²) in [6.07, 6.45) is 2.81. The normalized spacial score (nSPS) is 23.6. The van der Waals surface area contributed by atoms with Crippen LogP contribution in [0.1, 0.15) is 44.7 Å². The van der Waals surface area contributed by atoms with Crippen molar-refractivity contribution in [3.63, 3.8) is 0 Å². The van der Waals surface area contributed by atoms with Crippen molar-refractivity contribution in [2.45, 2.75) is 44.7 Å². The topological polar surface area (TPSA) is 32.3 Å². The second-order valence-corrected chi connectivity index (χ2v) is 5.99. The summed E-state index contributed by atoms with van der Waals surface area (Å²) >= 11 is 6.24. The Balaban J connectivity index is 2.20. The monoisotopic (exact) mass is 294 g/mol. The van der Waals surface area contributed by atoms with Gasteiger partial charge in [0.2, 0.25) is 5.91 Å². The molecule has 0 bridgehead atoms. The molecule has 1 aliphatic rings. The van der Waals surface area contributed by atoms with Crippen molar-refractivity contribution in [3.8, 4) is 0 Å². The van der Waals surface area contributed by atoms with Crippen LogP contribution in [-0.4, -0.2) is 29.9 Å². The first-order valence-corrected chi connectivity index (χ1v) is 7.66. The highest BCUT2D eigenvalue weighted by Crippen LogP contribution is 2.31. The van der Waals surface area contributed by atoms with Gasteiger partial charge in [-0.05, 0) is 44.4 Å². The van der Waals surface area contributed by atoms with E-state index >= 15 is 0 Å². The lowest BCUT2D eigenvalue weighted by Crippen LogP contribution is -2.54. The molecule has 1 heterocycles. The first kappa shape index (κ1) is 15.3. The summed E-state index contributed by atoms with van der Waals surface area (Å²) in [5, 5.41) is 4.11. The van der Waals surface area contributed by atoms with Gasteiger partial charge in [-0.2, -0.15) is 0 Å². The molecule has 1 aromatic carbocycles. The molecule has 2 unspecified atom stereocenters. The van der Waals surface area contributed by atoms with Crippen LogP contribution in [-0.2, 0) is 4.79 Å². The Labute approximate surface area is 126 Å². The summed E-state index contributed by atoms with van der Waals surface area (Å²) < 4.78 is 0. The van der Waals surface area contributed by atoms with Gasteiger partial charge >= 0.3 is 0 Å². The summed E-state index contributed by atoms with van der Waals surface area (Å²) in [5.74, 6) is 0.171. The van der Waals surface area contributed by atoms with Gasteiger partial charge in [0.15, 0.2) is 0 Å². The Morgan fingerprint density at radius 3 is 2.75 bits per heavy atom. The van der Waals surface area contributed by atoms with Crippen LogP contribution in [0.5, 0.6) is 0 Å². The molecule has 1 fully saturated rings. The minimum absolute atomic E-state index is 0.0259. The fourth-order valence-corrected chi connectivity index (χ4v) is 3.27. The molecular weight excluding hydrogens is 272 g/mol. The second kappa shape index (κ2) is 6.15. The number of carbonyl (C=O) groups excluding carboxylic acids is 1. The van der Waals surface area contributed by atoms with Crippen molar-refractivity contribution in [2.24, 2.45) is 0 Å². The van der Waals surface area contributed by atoms with Crippen molar-refractivity contribution in [2.75, 3.05) is 13.6 Å². The Hall–Kier alpha value is -1.06. The summed E-state index contributed by atoms with van der Waals surface area (Å²) in [6, 6.07) is 7.69. The van der Waals surface area contributed by atoms with E-state index in [1.807, 2.05) is 43.1 Å². The van der Waals surface area contributed by atoms with E-state index < -0.39 is 0 Å². The number of rotatable bonds is 4. The molecule has 1 aliphatic heterocycles. The molecule has 0 radical (unpaired) electrons. The summed E-state index contributed by atoms with van der Waals surface area (Å²) in [4.78, 5) is 14.7. The van der Waals surface area contributed by atoms with E-state index in [0.717, 1.165) is 31.4 Å². The van der Waals surface area contributed by atoms with Crippen LogP contribution in [0.4, 0.5) is 0 Å². The van der Waals surface area contributed by atoms with Gasteiger partial charge in [-0.25, -0.2) is 0 Å². The Kier molecular flexibility index (Phi) is 4.71. The SMILES string of the molecule is CCC1(C(=O)N(C)C(C)c2ccccc2Cl)CCCN1. The van der Waals surface area contributed by atoms with Crippen molar-refractivity contribution in [3.05, 3.63) is 34.9 Å². The first-order chi connectivity index (χ1) is 9.52. The number of amides is 1. The lowest BCUT2D eigenvalue weighted by molar-refractivity contribution is -0.138. The highest BCUT2D eigenvalue weighted by atomic mass is 35.5. The van der Waals surface area contributed by atoms with E-state index in [1.165, 1.54) is 0 Å². The summed E-state index contributed by atoms with van der Waals surface area (Å²) in [6.45, 7) is 5.02. The average Bonchev–Trinajstić information content (AvgIpc) is 2.95. The van der Waals surface area contributed by atoms with Crippen LogP contribution in [0.2, 0.25) is 5.02 Å². The predicted octanol–water partition coefficient (Wildman–Crippen LogP) is 3.39. The number of benzene rings is 1. The number of hydrogen-bond acceptors (Lipinski definition) is 2. The van der Waals surface area contributed by atoms with Gasteiger partial charge in [0, 0.05) is 12.1 Å². The molecule has 1 aromatic rings. The predicted molar refractivity (Wildman–Crippen MR) is 82.9 cm³/mol. The maximum absolute atomic E-state index is 12.8. The molecule has 0 aliphatic carbocycles. The smallest absolute Gasteiger partial charge is 0.243 e. The van der Waals surface area contributed by atoms with Crippen molar-refractivity contribution < 1.29 is 4.79 Å². The van der Waals surface area contributed by atoms with E-state index in [0.29, 0.717) is 5.02 Å². The van der Waals surface area contributed by atoms with E-state index in [1.54, 1.807) is 0 Å². The van der Waals surface area contributed by atoms with Gasteiger partial charge in [-0.3, -0.25) is 4.79 Å². The molecule has 0 aromatic heterocycles. The van der Waals surface area contributed by atoms with E-state index in [2.05, 4.69) is 12.2 Å². The van der Waals surface area contributed by atoms with Crippen molar-refractivity contribution in [1.82, 2.24) is 10.2 Å². The number of halogens is 1. The average molecular weight is 295 g/mol. The number of nitrogens with zero attached hydrogens (tertiary/aromatic N) is 1. The van der Waals surface area contributed by atoms with Gasteiger partial charge in [0.05, 0.1) is 11.6 Å². The van der Waals surface area contributed by atoms with Gasteiger partial charge < -0.3 is 10.2 Å². The molecule has 20 heavy (non-hydrogen) atoms. The fraction of sp³-hybridized carbons (Fsp3) is 0.562. The first-order valence-electron chi connectivity index (χ1n) is 7.28. The number of likely N-dealkylation sites (N-methyl/N-ethyl adjacent to an activating group) is 1. The molecule has 3 nitrogen and oxygen atoms in total. The van der Waals surface area contributed by atoms with Gasteiger partial charge in [-0.1, -0.05) is 36.7 Å². The Morgan fingerprint density at radius 1 is 1.50 bits per heavy atom. The van der Waals surface area contributed by atoms with E-state index in [4.69, 9.17) is 11.6 Å². The third-order valence-electron chi connectivity index (χ3n) is 4.51. The van der Waals surface area contributed by atoms with Gasteiger partial charge in [0.1, 0.15) is 0 Å². The van der Waals surface area contributed by atoms with Crippen molar-refractivity contribution >= 4 is 17.5 Å². The van der Waals surface area contributed by atoms with Crippen LogP contribution in [0.3, 0.4) is 0 Å². The maximum Gasteiger partial charge on any atom is 0.243 e. The minimum Gasteiger partial charge on any atom is -0.337 e. The minimum atomic E-state index is -0.385. The number of carbonyl (C=O) groups is 1. The zero-order chi connectivity index (χ0) is 14.8. The molecule has 2 atom stereocenters. The largest absolute Gasteiger partial charge is 0.337 e. The molecule has 1 amide bonds. The molecule has 0 saturated carbocycles. The number of nitrogens with one attached hydrogen (secondary N) is 1. The highest BCUT2D eigenvalue weighted by molar-refractivity contribution is 6.31. The molecular formula is C16H23ClN2O. The third kappa shape index (κ3) is 2.70. The maximum atomic E-state index is 12.8. The number of hydrogen-bond donors (Lipinski definition) is 1. The van der Waals surface area contributed by atoms with Crippen molar-refractivity contribution in [1.29, 1.82) is 0 Å². The van der Waals surface area contributed by atoms with Crippen LogP contribution < -0.4 is 5.32 Å². The quantitative estimate of drug-likeness (QED) is 0.923. The Bertz CT molecular complexity index is 483. The van der Waals surface area contributed by atoms with Gasteiger partial charge in [0.25, 0.3) is 0 Å². The van der Waals surface area contributed by atoms with Crippen LogP contribution in [0.25, 0.3) is 0 Å². The standard InChI is InChI=1S/C16H23ClN2O/c1-4-16(10-7-11-18-16)15(20)19(3)12(2)13-8-5-6-9-14(13)17/h5-6,8-9,12,18H,4,7,10-11H2,1-3H3. The van der Waals surface area contributed by atoms with Crippen LogP contribution in [0, 0.1) is 0 Å². The highest BCUT2D eigenvalue weighted by Gasteiger charge is 2.42. The van der Waals surface area contributed by atoms with E-state index in [-0.39, 0.29) is 17.5 Å². The molecule has 1 saturated heterocycles. The molecule has 4 heteroatoms. The van der Waals surface area contributed by atoms with Gasteiger partial charge in [-0.15, -0.1) is 0 Å². The molecule has 0 spiro atoms. The lowest BCUT2D eigenvalue weighted by Gasteiger charge is -2.35. The summed E-state index contributed by atoms with van der Waals surface area (Å²) in [5.41, 5.74) is 0.610. The van der Waals surface area contributed by atoms with Crippen LogP contribution in [0.15, 0.2) is 24.3 Å². The fourth-order valence-electron chi connectivity index (χ4n) is 2.98. The lowest BCUT2D eigenvalue weighted by atomic mass is 9.91. The second-order valence-electron chi connectivity index (χ2n) is 5.58. The molecule has 110 valence electrons. The Morgan fingerprint density at radius 2 is 2.20 bits per heavy atom. The molecule has 2 rings (SSSR count). The third-order valence-corrected chi connectivity index (χ3v) is 4.86. The van der Waals surface area contributed by atoms with E-state index in [9.17, 15) is 4.79 Å².